The number of rotatable bonds is 3. The van der Waals surface area contributed by atoms with Gasteiger partial charge in [-0.25, -0.2) is 4.39 Å². The first kappa shape index (κ1) is 13.8. The third-order valence-electron chi connectivity index (χ3n) is 3.28. The molecule has 1 saturated carbocycles. The topological polar surface area (TPSA) is 29.1 Å². The molecule has 0 radical (unpaired) electrons. The Hall–Kier alpha value is -0.610. The van der Waals surface area contributed by atoms with Crippen LogP contribution in [-0.2, 0) is 0 Å². The maximum Gasteiger partial charge on any atom is 0.255 e. The Labute approximate surface area is 119 Å². The average Bonchev–Trinajstić information content (AvgIpc) is 2.72. The standard InChI is InChI=1S/C13H14BrClFNO/c14-9-4-2-6-11(16)12(9)13(18)17-7-8-3-1-5-10(8)15/h2,4,6,8,10H,1,3,5,7H2,(H,17,18). The van der Waals surface area contributed by atoms with Crippen LogP contribution in [0.15, 0.2) is 22.7 Å². The molecule has 0 aromatic heterocycles. The summed E-state index contributed by atoms with van der Waals surface area (Å²) in [7, 11) is 0. The van der Waals surface area contributed by atoms with Crippen molar-refractivity contribution in [1.82, 2.24) is 5.32 Å². The van der Waals surface area contributed by atoms with Crippen LogP contribution in [0.1, 0.15) is 29.6 Å². The third kappa shape index (κ3) is 3.04. The van der Waals surface area contributed by atoms with E-state index in [-0.39, 0.29) is 10.9 Å². The lowest BCUT2D eigenvalue weighted by molar-refractivity contribution is 0.0943. The van der Waals surface area contributed by atoms with Gasteiger partial charge in [0.25, 0.3) is 5.91 Å². The third-order valence-corrected chi connectivity index (χ3v) is 4.52. The Balaban J connectivity index is 1.99. The summed E-state index contributed by atoms with van der Waals surface area (Å²) >= 11 is 9.32. The summed E-state index contributed by atoms with van der Waals surface area (Å²) < 4.78 is 14.0. The van der Waals surface area contributed by atoms with E-state index in [2.05, 4.69) is 21.2 Å². The number of benzene rings is 1. The normalized spacial score (nSPS) is 23.1. The van der Waals surface area contributed by atoms with Crippen LogP contribution in [0.5, 0.6) is 0 Å². The largest absolute Gasteiger partial charge is 0.352 e. The van der Waals surface area contributed by atoms with Gasteiger partial charge in [-0.3, -0.25) is 4.79 Å². The fraction of sp³-hybridized carbons (Fsp3) is 0.462. The lowest BCUT2D eigenvalue weighted by Crippen LogP contribution is -2.31. The van der Waals surface area contributed by atoms with Gasteiger partial charge >= 0.3 is 0 Å². The van der Waals surface area contributed by atoms with Crippen molar-refractivity contribution in [2.24, 2.45) is 5.92 Å². The zero-order valence-electron chi connectivity index (χ0n) is 9.76. The number of halogens is 3. The van der Waals surface area contributed by atoms with Crippen LogP contribution in [0.25, 0.3) is 0 Å². The van der Waals surface area contributed by atoms with E-state index < -0.39 is 11.7 Å². The van der Waals surface area contributed by atoms with E-state index in [9.17, 15) is 9.18 Å². The van der Waals surface area contributed by atoms with Gasteiger partial charge in [0.2, 0.25) is 0 Å². The van der Waals surface area contributed by atoms with Crippen molar-refractivity contribution in [3.63, 3.8) is 0 Å². The van der Waals surface area contributed by atoms with Crippen molar-refractivity contribution < 1.29 is 9.18 Å². The van der Waals surface area contributed by atoms with E-state index in [1.54, 1.807) is 12.1 Å². The van der Waals surface area contributed by atoms with E-state index in [1.165, 1.54) is 6.07 Å². The van der Waals surface area contributed by atoms with Crippen LogP contribution in [0.4, 0.5) is 4.39 Å². The molecule has 1 aliphatic rings. The number of hydrogen-bond donors (Lipinski definition) is 1. The highest BCUT2D eigenvalue weighted by Crippen LogP contribution is 2.29. The molecule has 1 aliphatic carbocycles. The molecule has 5 heteroatoms. The fourth-order valence-corrected chi connectivity index (χ4v) is 3.14. The molecule has 2 rings (SSSR count). The van der Waals surface area contributed by atoms with Gasteiger partial charge < -0.3 is 5.32 Å². The predicted molar refractivity (Wildman–Crippen MR) is 73.4 cm³/mol. The minimum atomic E-state index is -0.518. The number of carbonyl (C=O) groups is 1. The highest BCUT2D eigenvalue weighted by molar-refractivity contribution is 9.10. The monoisotopic (exact) mass is 333 g/mol. The van der Waals surface area contributed by atoms with Crippen LogP contribution < -0.4 is 5.32 Å². The van der Waals surface area contributed by atoms with Crippen LogP contribution in [0.2, 0.25) is 0 Å². The van der Waals surface area contributed by atoms with Crippen LogP contribution in [-0.4, -0.2) is 17.8 Å². The maximum absolute atomic E-state index is 13.6. The van der Waals surface area contributed by atoms with Crippen LogP contribution in [0.3, 0.4) is 0 Å². The molecule has 2 nitrogen and oxygen atoms in total. The molecular weight excluding hydrogens is 321 g/mol. The van der Waals surface area contributed by atoms with E-state index in [0.717, 1.165) is 19.3 Å². The second-order valence-corrected chi connectivity index (χ2v) is 5.93. The van der Waals surface area contributed by atoms with Gasteiger partial charge in [0.15, 0.2) is 0 Å². The van der Waals surface area contributed by atoms with E-state index >= 15 is 0 Å². The lowest BCUT2D eigenvalue weighted by atomic mass is 10.1. The first-order valence-corrected chi connectivity index (χ1v) is 7.19. The van der Waals surface area contributed by atoms with Gasteiger partial charge in [0.1, 0.15) is 5.82 Å². The molecule has 1 amide bonds. The van der Waals surface area contributed by atoms with E-state index in [1.807, 2.05) is 0 Å². The molecule has 98 valence electrons. The van der Waals surface area contributed by atoms with E-state index in [0.29, 0.717) is 16.9 Å². The van der Waals surface area contributed by atoms with Crippen molar-refractivity contribution in [1.29, 1.82) is 0 Å². The Kier molecular flexibility index (Phi) is 4.62. The number of hydrogen-bond acceptors (Lipinski definition) is 1. The second kappa shape index (κ2) is 6.02. The molecule has 0 heterocycles. The summed E-state index contributed by atoms with van der Waals surface area (Å²) in [6.45, 7) is 0.508. The minimum Gasteiger partial charge on any atom is -0.352 e. The Morgan fingerprint density at radius 2 is 2.28 bits per heavy atom. The summed E-state index contributed by atoms with van der Waals surface area (Å²) in [5, 5.41) is 2.88. The highest BCUT2D eigenvalue weighted by atomic mass is 79.9. The maximum atomic E-state index is 13.6. The number of nitrogens with one attached hydrogen (secondary N) is 1. The molecule has 1 aromatic rings. The van der Waals surface area contributed by atoms with Gasteiger partial charge in [0.05, 0.1) is 5.56 Å². The van der Waals surface area contributed by atoms with Gasteiger partial charge in [-0.1, -0.05) is 12.5 Å². The summed E-state index contributed by atoms with van der Waals surface area (Å²) in [5.41, 5.74) is 0.0571. The smallest absolute Gasteiger partial charge is 0.255 e. The summed E-state index contributed by atoms with van der Waals surface area (Å²) in [6.07, 6.45) is 3.11. The predicted octanol–water partition coefficient (Wildman–Crippen LogP) is 3.73. The van der Waals surface area contributed by atoms with Crippen LogP contribution in [0, 0.1) is 11.7 Å². The minimum absolute atomic E-state index is 0.0571. The first-order chi connectivity index (χ1) is 8.59. The number of alkyl halides is 1. The molecule has 0 aliphatic heterocycles. The molecular formula is C13H14BrClFNO. The van der Waals surface area contributed by atoms with Gasteiger partial charge in [-0.05, 0) is 46.8 Å². The van der Waals surface area contributed by atoms with Crippen molar-refractivity contribution in [3.8, 4) is 0 Å². The molecule has 0 bridgehead atoms. The summed E-state index contributed by atoms with van der Waals surface area (Å²) in [5.74, 6) is -0.618. The molecule has 2 unspecified atom stereocenters. The van der Waals surface area contributed by atoms with Gasteiger partial charge in [-0.15, -0.1) is 11.6 Å². The molecule has 18 heavy (non-hydrogen) atoms. The number of amides is 1. The molecule has 1 aromatic carbocycles. The fourth-order valence-electron chi connectivity index (χ4n) is 2.25. The lowest BCUT2D eigenvalue weighted by Gasteiger charge is -2.15. The van der Waals surface area contributed by atoms with E-state index in [4.69, 9.17) is 11.6 Å². The Morgan fingerprint density at radius 1 is 1.50 bits per heavy atom. The molecule has 1 fully saturated rings. The Morgan fingerprint density at radius 3 is 2.89 bits per heavy atom. The van der Waals surface area contributed by atoms with Crippen molar-refractivity contribution in [2.75, 3.05) is 6.54 Å². The Bertz CT molecular complexity index is 434. The molecule has 1 N–H and O–H groups in total. The van der Waals surface area contributed by atoms with Gasteiger partial charge in [0, 0.05) is 16.4 Å². The SMILES string of the molecule is O=C(NCC1CCCC1Cl)c1c(F)cccc1Br. The van der Waals surface area contributed by atoms with Crippen LogP contribution >= 0.6 is 27.5 Å². The first-order valence-electron chi connectivity index (χ1n) is 5.96. The van der Waals surface area contributed by atoms with Crippen molar-refractivity contribution in [3.05, 3.63) is 34.1 Å². The molecule has 0 spiro atoms. The molecule has 2 atom stereocenters. The summed E-state index contributed by atoms with van der Waals surface area (Å²) in [6, 6.07) is 4.49. The summed E-state index contributed by atoms with van der Waals surface area (Å²) in [4.78, 5) is 11.9. The average molecular weight is 335 g/mol. The van der Waals surface area contributed by atoms with Gasteiger partial charge in [-0.2, -0.15) is 0 Å². The zero-order chi connectivity index (χ0) is 13.1. The quantitative estimate of drug-likeness (QED) is 0.839. The number of carbonyl (C=O) groups excluding carboxylic acids is 1. The van der Waals surface area contributed by atoms with Crippen molar-refractivity contribution >= 4 is 33.4 Å². The molecule has 0 saturated heterocycles. The highest BCUT2D eigenvalue weighted by Gasteiger charge is 2.26. The zero-order valence-corrected chi connectivity index (χ0v) is 12.1. The second-order valence-electron chi connectivity index (χ2n) is 4.51. The van der Waals surface area contributed by atoms with Crippen molar-refractivity contribution in [2.45, 2.75) is 24.6 Å².